The summed E-state index contributed by atoms with van der Waals surface area (Å²) in [5.41, 5.74) is 11.8. The summed E-state index contributed by atoms with van der Waals surface area (Å²) in [6.45, 7) is 0. The summed E-state index contributed by atoms with van der Waals surface area (Å²) in [5.74, 6) is 4.31. The Labute approximate surface area is 309 Å². The van der Waals surface area contributed by atoms with E-state index in [0.717, 1.165) is 79.7 Å². The number of hydrogen-bond donors (Lipinski definition) is 0. The molecule has 0 radical (unpaired) electrons. The van der Waals surface area contributed by atoms with Crippen LogP contribution in [-0.4, -0.2) is 19.9 Å². The summed E-state index contributed by atoms with van der Waals surface area (Å²) in [5, 5.41) is 2.37. The summed E-state index contributed by atoms with van der Waals surface area (Å²) in [4.78, 5) is 20.6. The minimum atomic E-state index is 0.398. The normalized spacial score (nSPS) is 20.9. The zero-order chi connectivity index (χ0) is 34.9. The van der Waals surface area contributed by atoms with Crippen molar-refractivity contribution in [1.29, 1.82) is 0 Å². The van der Waals surface area contributed by atoms with E-state index < -0.39 is 0 Å². The van der Waals surface area contributed by atoms with Gasteiger partial charge in [-0.25, -0.2) is 19.9 Å². The first kappa shape index (κ1) is 30.4. The molecule has 2 unspecified atom stereocenters. The fraction of sp³-hybridized carbons (Fsp3) is 0.143. The van der Waals surface area contributed by atoms with Crippen LogP contribution in [-0.2, 0) is 5.41 Å². The predicted octanol–water partition coefficient (Wildman–Crippen LogP) is 11.7. The van der Waals surface area contributed by atoms with Gasteiger partial charge in [0.2, 0.25) is 0 Å². The molecule has 0 spiro atoms. The second-order valence-electron chi connectivity index (χ2n) is 15.2. The van der Waals surface area contributed by atoms with E-state index in [0.29, 0.717) is 11.2 Å². The Morgan fingerprint density at radius 2 is 0.830 bits per heavy atom. The van der Waals surface area contributed by atoms with E-state index in [9.17, 15) is 0 Å². The molecular weight excluding hydrogens is 645 g/mol. The molecule has 53 heavy (non-hydrogen) atoms. The third kappa shape index (κ3) is 5.04. The molecule has 2 aromatic heterocycles. The quantitative estimate of drug-likeness (QED) is 0.168. The Hall–Kier alpha value is -6.26. The summed E-state index contributed by atoms with van der Waals surface area (Å²) in [6.07, 6.45) is 4.15. The van der Waals surface area contributed by atoms with Gasteiger partial charge in [-0.3, -0.25) is 0 Å². The second-order valence-corrected chi connectivity index (χ2v) is 15.2. The standard InChI is InChI=1S/C49H36N4/c1-3-11-32(12-4-1)42-27-44(52-47(50-42)37-16-9-17-41(26-37)49-29-39-25-40(30-49)46(39)49)34-19-21-35(22-20-34)45-28-43(33-13-5-2-6-14-33)51-48(53-45)38-23-18-31-10-7-8-15-36(31)24-38/h1-24,26-28,39-40,46H,25,29-30H2. The molecular formula is C49H36N4. The van der Waals surface area contributed by atoms with Crippen molar-refractivity contribution in [3.05, 3.63) is 169 Å². The van der Waals surface area contributed by atoms with Gasteiger partial charge in [0.1, 0.15) is 0 Å². The molecule has 2 atom stereocenters. The Morgan fingerprint density at radius 1 is 0.377 bits per heavy atom. The average molecular weight is 681 g/mol. The lowest BCUT2D eigenvalue weighted by Crippen LogP contribution is -2.71. The minimum Gasteiger partial charge on any atom is -0.228 e. The van der Waals surface area contributed by atoms with Crippen molar-refractivity contribution in [3.63, 3.8) is 0 Å². The number of rotatable bonds is 7. The highest BCUT2D eigenvalue weighted by Gasteiger charge is 2.71. The average Bonchev–Trinajstić information content (AvgIpc) is 3.23. The molecule has 0 saturated heterocycles. The monoisotopic (exact) mass is 680 g/mol. The van der Waals surface area contributed by atoms with Gasteiger partial charge in [0.15, 0.2) is 11.6 Å². The molecule has 6 aromatic carbocycles. The van der Waals surface area contributed by atoms with Gasteiger partial charge in [-0.1, -0.05) is 140 Å². The predicted molar refractivity (Wildman–Crippen MR) is 214 cm³/mol. The van der Waals surface area contributed by atoms with E-state index in [-0.39, 0.29) is 0 Å². The first-order valence-electron chi connectivity index (χ1n) is 18.8. The molecule has 3 aliphatic carbocycles. The molecule has 4 nitrogen and oxygen atoms in total. The van der Waals surface area contributed by atoms with Crippen molar-refractivity contribution < 1.29 is 0 Å². The van der Waals surface area contributed by atoms with Gasteiger partial charge in [0.25, 0.3) is 0 Å². The highest BCUT2D eigenvalue weighted by molar-refractivity contribution is 5.87. The largest absolute Gasteiger partial charge is 0.228 e. The van der Waals surface area contributed by atoms with Gasteiger partial charge in [0, 0.05) is 33.4 Å². The van der Waals surface area contributed by atoms with Crippen LogP contribution in [0.15, 0.2) is 164 Å². The van der Waals surface area contributed by atoms with Gasteiger partial charge in [-0.2, -0.15) is 0 Å². The van der Waals surface area contributed by atoms with Gasteiger partial charge in [-0.15, -0.1) is 0 Å². The molecule has 0 N–H and O–H groups in total. The molecule has 4 heteroatoms. The minimum absolute atomic E-state index is 0.398. The molecule has 0 bridgehead atoms. The Balaban J connectivity index is 0.983. The Bertz CT molecular complexity index is 2660. The Kier molecular flexibility index (Phi) is 6.82. The van der Waals surface area contributed by atoms with Crippen LogP contribution < -0.4 is 0 Å². The van der Waals surface area contributed by atoms with E-state index in [2.05, 4.69) is 152 Å². The summed E-state index contributed by atoms with van der Waals surface area (Å²) >= 11 is 0. The molecule has 0 aliphatic heterocycles. The van der Waals surface area contributed by atoms with Gasteiger partial charge in [-0.05, 0) is 83.0 Å². The number of aromatic nitrogens is 4. The first-order valence-corrected chi connectivity index (χ1v) is 18.8. The molecule has 8 aromatic rings. The third-order valence-corrected chi connectivity index (χ3v) is 12.3. The molecule has 3 saturated carbocycles. The van der Waals surface area contributed by atoms with Crippen LogP contribution in [0.5, 0.6) is 0 Å². The van der Waals surface area contributed by atoms with Crippen LogP contribution in [0.2, 0.25) is 0 Å². The van der Waals surface area contributed by atoms with Crippen molar-refractivity contribution in [2.45, 2.75) is 24.7 Å². The van der Waals surface area contributed by atoms with Gasteiger partial charge >= 0.3 is 0 Å². The fourth-order valence-corrected chi connectivity index (χ4v) is 9.66. The van der Waals surface area contributed by atoms with Crippen LogP contribution in [0, 0.1) is 17.8 Å². The maximum atomic E-state index is 5.23. The maximum Gasteiger partial charge on any atom is 0.160 e. The topological polar surface area (TPSA) is 51.6 Å². The number of nitrogens with zero attached hydrogens (tertiary/aromatic N) is 4. The first-order chi connectivity index (χ1) is 26.2. The molecule has 0 amide bonds. The zero-order valence-corrected chi connectivity index (χ0v) is 29.2. The third-order valence-electron chi connectivity index (χ3n) is 12.3. The lowest BCUT2D eigenvalue weighted by molar-refractivity contribution is -0.219. The van der Waals surface area contributed by atoms with Crippen molar-refractivity contribution in [3.8, 4) is 67.8 Å². The molecule has 3 fully saturated rings. The smallest absolute Gasteiger partial charge is 0.160 e. The highest BCUT2D eigenvalue weighted by atomic mass is 14.9. The number of fused-ring (bicyclic) bond motifs is 1. The van der Waals surface area contributed by atoms with Crippen molar-refractivity contribution in [1.82, 2.24) is 19.9 Å². The fourth-order valence-electron chi connectivity index (χ4n) is 9.66. The van der Waals surface area contributed by atoms with Crippen molar-refractivity contribution in [2.24, 2.45) is 17.8 Å². The maximum absolute atomic E-state index is 5.23. The molecule has 2 heterocycles. The second kappa shape index (κ2) is 11.9. The molecule has 11 rings (SSSR count). The molecule has 3 aliphatic rings. The summed E-state index contributed by atoms with van der Waals surface area (Å²) < 4.78 is 0. The summed E-state index contributed by atoms with van der Waals surface area (Å²) in [7, 11) is 0. The van der Waals surface area contributed by atoms with E-state index in [4.69, 9.17) is 19.9 Å². The van der Waals surface area contributed by atoms with E-state index in [1.807, 2.05) is 12.1 Å². The van der Waals surface area contributed by atoms with Gasteiger partial charge < -0.3 is 0 Å². The number of hydrogen-bond acceptors (Lipinski definition) is 4. The van der Waals surface area contributed by atoms with Crippen molar-refractivity contribution >= 4 is 10.8 Å². The van der Waals surface area contributed by atoms with Crippen molar-refractivity contribution in [2.75, 3.05) is 0 Å². The molecule has 252 valence electrons. The van der Waals surface area contributed by atoms with E-state index >= 15 is 0 Å². The SMILES string of the molecule is c1ccc(-c2cc(-c3ccc(-c4cc(-c5ccccc5)nc(-c5ccc6ccccc6c5)n4)cc3)nc(-c3cccc(C45CC6CC(C4)C65)c3)n2)cc1. The van der Waals surface area contributed by atoms with Crippen LogP contribution in [0.1, 0.15) is 24.8 Å². The van der Waals surface area contributed by atoms with Crippen LogP contribution in [0.3, 0.4) is 0 Å². The van der Waals surface area contributed by atoms with Crippen LogP contribution >= 0.6 is 0 Å². The number of benzene rings is 6. The van der Waals surface area contributed by atoms with E-state index in [1.54, 1.807) is 0 Å². The summed E-state index contributed by atoms with van der Waals surface area (Å²) in [6, 6.07) is 57.6. The van der Waals surface area contributed by atoms with E-state index in [1.165, 1.54) is 35.6 Å². The lowest BCUT2D eigenvalue weighted by Gasteiger charge is -2.76. The lowest BCUT2D eigenvalue weighted by atomic mass is 9.28. The van der Waals surface area contributed by atoms with Gasteiger partial charge in [0.05, 0.1) is 22.8 Å². The van der Waals surface area contributed by atoms with Crippen LogP contribution in [0.4, 0.5) is 0 Å². The zero-order valence-electron chi connectivity index (χ0n) is 29.2. The van der Waals surface area contributed by atoms with Crippen LogP contribution in [0.25, 0.3) is 78.6 Å². The highest BCUT2D eigenvalue weighted by Crippen LogP contribution is 2.77. The Morgan fingerprint density at radius 3 is 1.36 bits per heavy atom.